The van der Waals surface area contributed by atoms with Crippen molar-refractivity contribution in [2.45, 2.75) is 6.04 Å². The molecular weight excluding hydrogens is 362 g/mol. The number of rotatable bonds is 2. The van der Waals surface area contributed by atoms with Gasteiger partial charge in [0.2, 0.25) is 0 Å². The number of hydrogen-bond acceptors (Lipinski definition) is 3. The molecule has 5 nitrogen and oxygen atoms in total. The Labute approximate surface area is 168 Å². The predicted molar refractivity (Wildman–Crippen MR) is 114 cm³/mol. The van der Waals surface area contributed by atoms with Crippen molar-refractivity contribution in [2.75, 3.05) is 12.0 Å². The molecule has 0 N–H and O–H groups in total. The smallest absolute Gasteiger partial charge is 0.414 e. The fourth-order valence-corrected chi connectivity index (χ4v) is 3.84. The van der Waals surface area contributed by atoms with Crippen molar-refractivity contribution in [1.82, 2.24) is 9.38 Å². The van der Waals surface area contributed by atoms with Gasteiger partial charge >= 0.3 is 6.09 Å². The molecule has 142 valence electrons. The molecular formula is C24H19N3O2. The SMILES string of the molecule is COC(=O)N1c2ccccc2C=C[C@@H]1c1ccc2cnc(-c3ccccc3)cn12. The monoisotopic (exact) mass is 381 g/mol. The number of carbonyl (C=O) groups excluding carboxylic acids is 1. The Bertz CT molecular complexity index is 1230. The summed E-state index contributed by atoms with van der Waals surface area (Å²) in [5, 5.41) is 0. The van der Waals surface area contributed by atoms with Gasteiger partial charge in [-0.25, -0.2) is 4.79 Å². The van der Waals surface area contributed by atoms with Crippen LogP contribution in [0.1, 0.15) is 17.3 Å². The van der Waals surface area contributed by atoms with Crippen LogP contribution in [-0.4, -0.2) is 22.6 Å². The topological polar surface area (TPSA) is 46.8 Å². The van der Waals surface area contributed by atoms with Crippen LogP contribution >= 0.6 is 0 Å². The van der Waals surface area contributed by atoms with Gasteiger partial charge in [0, 0.05) is 17.5 Å². The number of carbonyl (C=O) groups is 1. The maximum Gasteiger partial charge on any atom is 0.414 e. The van der Waals surface area contributed by atoms with E-state index in [1.807, 2.05) is 85.2 Å². The van der Waals surface area contributed by atoms with Crippen LogP contribution in [0.4, 0.5) is 10.5 Å². The molecule has 0 fully saturated rings. The fourth-order valence-electron chi connectivity index (χ4n) is 3.84. The van der Waals surface area contributed by atoms with E-state index in [0.29, 0.717) is 0 Å². The zero-order chi connectivity index (χ0) is 19.8. The molecule has 0 saturated carbocycles. The minimum absolute atomic E-state index is 0.286. The number of anilines is 1. The number of methoxy groups -OCH3 is 1. The highest BCUT2D eigenvalue weighted by atomic mass is 16.5. The van der Waals surface area contributed by atoms with Gasteiger partial charge < -0.3 is 9.14 Å². The highest BCUT2D eigenvalue weighted by Crippen LogP contribution is 2.37. The molecule has 2 aromatic carbocycles. The van der Waals surface area contributed by atoms with E-state index in [0.717, 1.165) is 33.7 Å². The number of para-hydroxylation sites is 1. The van der Waals surface area contributed by atoms with Crippen molar-refractivity contribution in [3.8, 4) is 11.3 Å². The average Bonchev–Trinajstić information content (AvgIpc) is 3.21. The van der Waals surface area contributed by atoms with Crippen molar-refractivity contribution in [2.24, 2.45) is 0 Å². The van der Waals surface area contributed by atoms with Crippen LogP contribution in [-0.2, 0) is 4.74 Å². The van der Waals surface area contributed by atoms with Gasteiger partial charge in [0.1, 0.15) is 0 Å². The number of amides is 1. The fraction of sp³-hybridized carbons (Fsp3) is 0.0833. The van der Waals surface area contributed by atoms with Crippen molar-refractivity contribution < 1.29 is 9.53 Å². The summed E-state index contributed by atoms with van der Waals surface area (Å²) in [7, 11) is 1.41. The third-order valence-corrected chi connectivity index (χ3v) is 5.24. The van der Waals surface area contributed by atoms with E-state index in [2.05, 4.69) is 15.5 Å². The molecule has 0 unspecified atom stereocenters. The van der Waals surface area contributed by atoms with Gasteiger partial charge in [0.15, 0.2) is 0 Å². The summed E-state index contributed by atoms with van der Waals surface area (Å²) in [6.45, 7) is 0. The zero-order valence-electron chi connectivity index (χ0n) is 15.9. The van der Waals surface area contributed by atoms with E-state index in [4.69, 9.17) is 4.74 Å². The first kappa shape index (κ1) is 17.3. The number of hydrogen-bond donors (Lipinski definition) is 0. The summed E-state index contributed by atoms with van der Waals surface area (Å²) in [6.07, 6.45) is 7.57. The molecule has 29 heavy (non-hydrogen) atoms. The molecule has 4 aromatic rings. The molecule has 1 aliphatic rings. The van der Waals surface area contributed by atoms with E-state index >= 15 is 0 Å². The van der Waals surface area contributed by atoms with Crippen LogP contribution in [0.5, 0.6) is 0 Å². The first-order chi connectivity index (χ1) is 14.3. The lowest BCUT2D eigenvalue weighted by Gasteiger charge is -2.32. The maximum atomic E-state index is 12.7. The van der Waals surface area contributed by atoms with E-state index in [9.17, 15) is 4.79 Å². The van der Waals surface area contributed by atoms with Crippen molar-refractivity contribution >= 4 is 23.4 Å². The molecule has 2 aromatic heterocycles. The molecule has 0 saturated heterocycles. The first-order valence-electron chi connectivity index (χ1n) is 9.43. The Morgan fingerprint density at radius 2 is 1.79 bits per heavy atom. The van der Waals surface area contributed by atoms with E-state index in [1.54, 1.807) is 4.90 Å². The van der Waals surface area contributed by atoms with Crippen LogP contribution < -0.4 is 4.90 Å². The Morgan fingerprint density at radius 3 is 2.62 bits per heavy atom. The van der Waals surface area contributed by atoms with Gasteiger partial charge in [-0.1, -0.05) is 60.7 Å². The number of benzene rings is 2. The van der Waals surface area contributed by atoms with Crippen molar-refractivity contribution in [3.05, 3.63) is 96.5 Å². The molecule has 1 atom stereocenters. The normalized spacial score (nSPS) is 15.3. The lowest BCUT2D eigenvalue weighted by atomic mass is 10.0. The molecule has 3 heterocycles. The van der Waals surface area contributed by atoms with Crippen LogP contribution in [0.15, 0.2) is 85.2 Å². The Balaban J connectivity index is 1.66. The number of aromatic nitrogens is 2. The Hall–Kier alpha value is -3.86. The third-order valence-electron chi connectivity index (χ3n) is 5.24. The summed E-state index contributed by atoms with van der Waals surface area (Å²) >= 11 is 0. The summed E-state index contributed by atoms with van der Waals surface area (Å²) in [5.74, 6) is 0. The number of nitrogens with zero attached hydrogens (tertiary/aromatic N) is 3. The lowest BCUT2D eigenvalue weighted by Crippen LogP contribution is -2.36. The summed E-state index contributed by atoms with van der Waals surface area (Å²) < 4.78 is 7.20. The van der Waals surface area contributed by atoms with Crippen molar-refractivity contribution in [1.29, 1.82) is 0 Å². The van der Waals surface area contributed by atoms with Gasteiger partial charge in [0.05, 0.1) is 36.2 Å². The minimum Gasteiger partial charge on any atom is -0.452 e. The molecule has 1 amide bonds. The van der Waals surface area contributed by atoms with E-state index in [1.165, 1.54) is 7.11 Å². The highest BCUT2D eigenvalue weighted by molar-refractivity contribution is 5.93. The van der Waals surface area contributed by atoms with Gasteiger partial charge in [-0.15, -0.1) is 0 Å². The Kier molecular flexibility index (Phi) is 4.13. The van der Waals surface area contributed by atoms with Crippen LogP contribution in [0.3, 0.4) is 0 Å². The molecule has 1 aliphatic heterocycles. The third kappa shape index (κ3) is 2.88. The van der Waals surface area contributed by atoms with Gasteiger partial charge in [-0.2, -0.15) is 0 Å². The van der Waals surface area contributed by atoms with Crippen LogP contribution in [0.25, 0.3) is 22.9 Å². The first-order valence-corrected chi connectivity index (χ1v) is 9.43. The van der Waals surface area contributed by atoms with Crippen molar-refractivity contribution in [3.63, 3.8) is 0 Å². The summed E-state index contributed by atoms with van der Waals surface area (Å²) in [4.78, 5) is 19.0. The minimum atomic E-state index is -0.390. The molecule has 5 heteroatoms. The quantitative estimate of drug-likeness (QED) is 0.471. The second-order valence-corrected chi connectivity index (χ2v) is 6.89. The van der Waals surface area contributed by atoms with E-state index < -0.39 is 0 Å². The standard InChI is InChI=1S/C24H19N3O2/c1-29-24(28)27-21-10-6-5-9-18(21)11-13-23(27)22-14-12-19-15-25-20(16-26(19)22)17-7-3-2-4-8-17/h2-16,23H,1H3/t23-/m1/s1. The van der Waals surface area contributed by atoms with Gasteiger partial charge in [0.25, 0.3) is 0 Å². The summed E-state index contributed by atoms with van der Waals surface area (Å²) in [5.41, 5.74) is 5.68. The highest BCUT2D eigenvalue weighted by Gasteiger charge is 2.31. The van der Waals surface area contributed by atoms with E-state index in [-0.39, 0.29) is 12.1 Å². The van der Waals surface area contributed by atoms with Crippen LogP contribution in [0.2, 0.25) is 0 Å². The molecule has 0 aliphatic carbocycles. The molecule has 5 rings (SSSR count). The molecule has 0 radical (unpaired) electrons. The number of fused-ring (bicyclic) bond motifs is 2. The molecule has 0 bridgehead atoms. The van der Waals surface area contributed by atoms with Crippen LogP contribution in [0, 0.1) is 0 Å². The summed E-state index contributed by atoms with van der Waals surface area (Å²) in [6, 6.07) is 21.6. The second-order valence-electron chi connectivity index (χ2n) is 6.89. The van der Waals surface area contributed by atoms with Gasteiger partial charge in [-0.3, -0.25) is 9.88 Å². The average molecular weight is 381 g/mol. The molecule has 0 spiro atoms. The second kappa shape index (κ2) is 6.95. The Morgan fingerprint density at radius 1 is 1.00 bits per heavy atom. The maximum absolute atomic E-state index is 12.7. The lowest BCUT2D eigenvalue weighted by molar-refractivity contribution is 0.177. The largest absolute Gasteiger partial charge is 0.452 e. The number of ether oxygens (including phenoxy) is 1. The zero-order valence-corrected chi connectivity index (χ0v) is 15.9. The predicted octanol–water partition coefficient (Wildman–Crippen LogP) is 5.34. The van der Waals surface area contributed by atoms with Gasteiger partial charge in [-0.05, 0) is 23.8 Å².